The van der Waals surface area contributed by atoms with Crippen LogP contribution in [0.2, 0.25) is 0 Å². The maximum atomic E-state index is 4.43. The molecule has 100 valence electrons. The van der Waals surface area contributed by atoms with Crippen LogP contribution in [0.4, 0.5) is 0 Å². The van der Waals surface area contributed by atoms with Gasteiger partial charge in [0.05, 0.1) is 11.9 Å². The highest BCUT2D eigenvalue weighted by molar-refractivity contribution is 5.63. The molecule has 3 rings (SSSR count). The molecule has 4 heteroatoms. The van der Waals surface area contributed by atoms with Crippen LogP contribution in [0.3, 0.4) is 0 Å². The van der Waals surface area contributed by atoms with Gasteiger partial charge in [0.15, 0.2) is 0 Å². The van der Waals surface area contributed by atoms with Crippen LogP contribution in [-0.4, -0.2) is 19.7 Å². The lowest BCUT2D eigenvalue weighted by Gasteiger charge is -2.06. The van der Waals surface area contributed by atoms with E-state index in [2.05, 4.69) is 39.3 Å². The molecule has 2 heterocycles. The minimum atomic E-state index is 0.900. The highest BCUT2D eigenvalue weighted by atomic mass is 15.2. The topological polar surface area (TPSA) is 43.6 Å². The molecule has 0 unspecified atom stereocenters. The predicted molar refractivity (Wildman–Crippen MR) is 78.1 cm³/mol. The van der Waals surface area contributed by atoms with Gasteiger partial charge >= 0.3 is 0 Å². The van der Waals surface area contributed by atoms with E-state index in [0.29, 0.717) is 0 Å². The monoisotopic (exact) mass is 264 g/mol. The third-order valence-electron chi connectivity index (χ3n) is 3.30. The lowest BCUT2D eigenvalue weighted by molar-refractivity contribution is 0.768. The Morgan fingerprint density at radius 1 is 1.05 bits per heavy atom. The van der Waals surface area contributed by atoms with Crippen LogP contribution in [0.15, 0.2) is 55.2 Å². The van der Waals surface area contributed by atoms with Gasteiger partial charge in [-0.15, -0.1) is 0 Å². The SMILES string of the molecule is Cn1cc(-c2cncnc2CCc2ccccc2)cn1. The zero-order valence-electron chi connectivity index (χ0n) is 11.4. The Labute approximate surface area is 118 Å². The average molecular weight is 264 g/mol. The summed E-state index contributed by atoms with van der Waals surface area (Å²) in [5.41, 5.74) is 4.52. The second-order valence-electron chi connectivity index (χ2n) is 4.77. The largest absolute Gasteiger partial charge is 0.275 e. The summed E-state index contributed by atoms with van der Waals surface area (Å²) in [5.74, 6) is 0. The molecular weight excluding hydrogens is 248 g/mol. The summed E-state index contributed by atoms with van der Waals surface area (Å²) in [7, 11) is 1.91. The molecule has 0 N–H and O–H groups in total. The number of hydrogen-bond acceptors (Lipinski definition) is 3. The van der Waals surface area contributed by atoms with Crippen molar-refractivity contribution in [2.24, 2.45) is 7.05 Å². The second-order valence-corrected chi connectivity index (χ2v) is 4.77. The highest BCUT2D eigenvalue weighted by Gasteiger charge is 2.08. The maximum absolute atomic E-state index is 4.43. The Balaban J connectivity index is 1.83. The third kappa shape index (κ3) is 2.74. The van der Waals surface area contributed by atoms with Crippen LogP contribution in [0.25, 0.3) is 11.1 Å². The van der Waals surface area contributed by atoms with Gasteiger partial charge in [0.2, 0.25) is 0 Å². The van der Waals surface area contributed by atoms with Crippen molar-refractivity contribution in [3.8, 4) is 11.1 Å². The van der Waals surface area contributed by atoms with Crippen molar-refractivity contribution >= 4 is 0 Å². The fourth-order valence-corrected chi connectivity index (χ4v) is 2.26. The maximum Gasteiger partial charge on any atom is 0.115 e. The predicted octanol–water partition coefficient (Wildman–Crippen LogP) is 2.66. The van der Waals surface area contributed by atoms with E-state index < -0.39 is 0 Å². The van der Waals surface area contributed by atoms with E-state index in [1.54, 1.807) is 11.0 Å². The van der Waals surface area contributed by atoms with E-state index in [1.165, 1.54) is 5.56 Å². The Hall–Kier alpha value is -2.49. The van der Waals surface area contributed by atoms with Crippen molar-refractivity contribution in [2.45, 2.75) is 12.8 Å². The standard InChI is InChI=1S/C16H16N4/c1-20-11-14(9-19-20)15-10-17-12-18-16(15)8-7-13-5-3-2-4-6-13/h2-6,9-12H,7-8H2,1H3. The summed E-state index contributed by atoms with van der Waals surface area (Å²) in [4.78, 5) is 8.57. The molecule has 0 aliphatic heterocycles. The molecule has 1 aromatic carbocycles. The molecule has 0 radical (unpaired) electrons. The van der Waals surface area contributed by atoms with E-state index in [9.17, 15) is 0 Å². The number of nitrogens with zero attached hydrogens (tertiary/aromatic N) is 4. The van der Waals surface area contributed by atoms with Crippen molar-refractivity contribution in [1.82, 2.24) is 19.7 Å². The lowest BCUT2D eigenvalue weighted by Crippen LogP contribution is -1.98. The fourth-order valence-electron chi connectivity index (χ4n) is 2.26. The first kappa shape index (κ1) is 12.5. The zero-order chi connectivity index (χ0) is 13.8. The zero-order valence-corrected chi connectivity index (χ0v) is 11.4. The molecule has 0 saturated carbocycles. The van der Waals surface area contributed by atoms with Crippen LogP contribution >= 0.6 is 0 Å². The van der Waals surface area contributed by atoms with Gasteiger partial charge in [-0.25, -0.2) is 9.97 Å². The average Bonchev–Trinajstić information content (AvgIpc) is 2.93. The van der Waals surface area contributed by atoms with E-state index in [1.807, 2.05) is 31.7 Å². The Morgan fingerprint density at radius 2 is 1.90 bits per heavy atom. The van der Waals surface area contributed by atoms with Gasteiger partial charge in [0.1, 0.15) is 6.33 Å². The first-order chi connectivity index (χ1) is 9.83. The molecule has 0 aliphatic carbocycles. The minimum Gasteiger partial charge on any atom is -0.275 e. The first-order valence-electron chi connectivity index (χ1n) is 6.65. The lowest BCUT2D eigenvalue weighted by atomic mass is 10.0. The molecular formula is C16H16N4. The third-order valence-corrected chi connectivity index (χ3v) is 3.30. The van der Waals surface area contributed by atoms with Crippen molar-refractivity contribution < 1.29 is 0 Å². The number of benzene rings is 1. The van der Waals surface area contributed by atoms with Gasteiger partial charge in [0, 0.05) is 30.6 Å². The summed E-state index contributed by atoms with van der Waals surface area (Å²) in [6.45, 7) is 0. The molecule has 3 aromatic rings. The molecule has 0 aliphatic rings. The van der Waals surface area contributed by atoms with Crippen LogP contribution < -0.4 is 0 Å². The van der Waals surface area contributed by atoms with E-state index in [-0.39, 0.29) is 0 Å². The van der Waals surface area contributed by atoms with Crippen LogP contribution in [-0.2, 0) is 19.9 Å². The molecule has 2 aromatic heterocycles. The van der Waals surface area contributed by atoms with Crippen molar-refractivity contribution in [2.75, 3.05) is 0 Å². The van der Waals surface area contributed by atoms with Crippen molar-refractivity contribution in [3.05, 3.63) is 66.5 Å². The molecule has 0 atom stereocenters. The van der Waals surface area contributed by atoms with E-state index in [0.717, 1.165) is 29.7 Å². The number of hydrogen-bond donors (Lipinski definition) is 0. The fraction of sp³-hybridized carbons (Fsp3) is 0.188. The summed E-state index contributed by atoms with van der Waals surface area (Å²) < 4.78 is 1.79. The minimum absolute atomic E-state index is 0.900. The molecule has 20 heavy (non-hydrogen) atoms. The number of aryl methyl sites for hydroxylation is 3. The first-order valence-corrected chi connectivity index (χ1v) is 6.65. The van der Waals surface area contributed by atoms with Gasteiger partial charge in [-0.3, -0.25) is 4.68 Å². The molecule has 0 fully saturated rings. The Kier molecular flexibility index (Phi) is 3.54. The quantitative estimate of drug-likeness (QED) is 0.727. The summed E-state index contributed by atoms with van der Waals surface area (Å²) in [6.07, 6.45) is 9.20. The van der Waals surface area contributed by atoms with Gasteiger partial charge in [-0.1, -0.05) is 30.3 Å². The molecule has 0 bridgehead atoms. The molecule has 0 saturated heterocycles. The van der Waals surface area contributed by atoms with Crippen molar-refractivity contribution in [1.29, 1.82) is 0 Å². The summed E-state index contributed by atoms with van der Waals surface area (Å²) in [6, 6.07) is 10.5. The Bertz CT molecular complexity index is 688. The van der Waals surface area contributed by atoms with Crippen LogP contribution in [0.5, 0.6) is 0 Å². The van der Waals surface area contributed by atoms with Gasteiger partial charge in [-0.05, 0) is 18.4 Å². The molecule has 0 spiro atoms. The summed E-state index contributed by atoms with van der Waals surface area (Å²) >= 11 is 0. The molecule has 4 nitrogen and oxygen atoms in total. The van der Waals surface area contributed by atoms with Crippen LogP contribution in [0.1, 0.15) is 11.3 Å². The highest BCUT2D eigenvalue weighted by Crippen LogP contribution is 2.21. The number of aromatic nitrogens is 4. The van der Waals surface area contributed by atoms with Gasteiger partial charge < -0.3 is 0 Å². The number of rotatable bonds is 4. The van der Waals surface area contributed by atoms with Gasteiger partial charge in [-0.2, -0.15) is 5.10 Å². The van der Waals surface area contributed by atoms with Gasteiger partial charge in [0.25, 0.3) is 0 Å². The van der Waals surface area contributed by atoms with E-state index in [4.69, 9.17) is 0 Å². The van der Waals surface area contributed by atoms with Crippen molar-refractivity contribution in [3.63, 3.8) is 0 Å². The molecule has 0 amide bonds. The smallest absolute Gasteiger partial charge is 0.115 e. The normalized spacial score (nSPS) is 10.7. The van der Waals surface area contributed by atoms with Crippen LogP contribution in [0, 0.1) is 0 Å². The van der Waals surface area contributed by atoms with E-state index >= 15 is 0 Å². The summed E-state index contributed by atoms with van der Waals surface area (Å²) in [5, 5.41) is 4.21. The second kappa shape index (κ2) is 5.65. The Morgan fingerprint density at radius 3 is 2.65 bits per heavy atom.